The van der Waals surface area contributed by atoms with Crippen LogP contribution in [0.5, 0.6) is 0 Å². The maximum Gasteiger partial charge on any atom is 0.297 e. The average molecular weight is 189 g/mol. The summed E-state index contributed by atoms with van der Waals surface area (Å²) in [5.41, 5.74) is 0. The van der Waals surface area contributed by atoms with Gasteiger partial charge in [-0.05, 0) is 0 Å². The van der Waals surface area contributed by atoms with Gasteiger partial charge in [0.1, 0.15) is 13.2 Å². The van der Waals surface area contributed by atoms with E-state index >= 15 is 0 Å². The lowest BCUT2D eigenvalue weighted by Crippen LogP contribution is -2.29. The zero-order chi connectivity index (χ0) is 9.61. The monoisotopic (exact) mass is 189 g/mol. The zero-order valence-corrected chi connectivity index (χ0v) is 6.23. The molecule has 2 nitrogen and oxygen atoms in total. The Balaban J connectivity index is 3.52. The van der Waals surface area contributed by atoms with E-state index in [2.05, 4.69) is 4.74 Å². The third kappa shape index (κ3) is 5.31. The van der Waals surface area contributed by atoms with Gasteiger partial charge in [0, 0.05) is 6.42 Å². The number of rotatable bonds is 6. The van der Waals surface area contributed by atoms with Crippen molar-refractivity contribution in [2.75, 3.05) is 19.9 Å². The summed E-state index contributed by atoms with van der Waals surface area (Å²) in [5.74, 6) is -3.57. The largest absolute Gasteiger partial charge is 0.342 e. The van der Waals surface area contributed by atoms with Crippen molar-refractivity contribution in [1.82, 2.24) is 0 Å². The maximum atomic E-state index is 12.2. The average Bonchev–Trinajstić information content (AvgIpc) is 2.02. The van der Waals surface area contributed by atoms with E-state index in [0.717, 1.165) is 0 Å². The van der Waals surface area contributed by atoms with Gasteiger partial charge >= 0.3 is 0 Å². The number of alkyl halides is 4. The first kappa shape index (κ1) is 11.6. The Morgan fingerprint density at radius 3 is 2.42 bits per heavy atom. The van der Waals surface area contributed by atoms with Gasteiger partial charge in [-0.2, -0.15) is 0 Å². The van der Waals surface area contributed by atoms with E-state index in [-0.39, 0.29) is 0 Å². The van der Waals surface area contributed by atoms with Crippen LogP contribution in [-0.2, 0) is 9.84 Å². The van der Waals surface area contributed by atoms with Crippen molar-refractivity contribution < 1.29 is 27.4 Å². The van der Waals surface area contributed by atoms with Crippen molar-refractivity contribution in [3.63, 3.8) is 0 Å². The highest BCUT2D eigenvalue weighted by atomic mass is 19.3. The molecule has 6 heteroatoms. The van der Waals surface area contributed by atoms with Gasteiger partial charge in [0.25, 0.3) is 5.92 Å². The lowest BCUT2D eigenvalue weighted by atomic mass is 10.4. The van der Waals surface area contributed by atoms with Gasteiger partial charge in [-0.25, -0.2) is 18.3 Å². The SMILES string of the molecule is [O]CC(F)(F)COC(F)CCF. The highest BCUT2D eigenvalue weighted by molar-refractivity contribution is 4.62. The molecule has 0 saturated heterocycles. The van der Waals surface area contributed by atoms with Gasteiger partial charge in [-0.3, -0.25) is 4.39 Å². The van der Waals surface area contributed by atoms with Gasteiger partial charge in [0.05, 0.1) is 6.67 Å². The predicted octanol–water partition coefficient (Wildman–Crippen LogP) is 1.72. The molecule has 0 saturated carbocycles. The Bertz CT molecular complexity index is 120. The highest BCUT2D eigenvalue weighted by Crippen LogP contribution is 2.14. The van der Waals surface area contributed by atoms with Gasteiger partial charge in [-0.15, -0.1) is 0 Å². The Labute approximate surface area is 67.1 Å². The molecule has 0 aliphatic heterocycles. The van der Waals surface area contributed by atoms with Crippen LogP contribution in [-0.4, -0.2) is 32.2 Å². The Hall–Kier alpha value is -0.360. The van der Waals surface area contributed by atoms with E-state index < -0.39 is 38.6 Å². The van der Waals surface area contributed by atoms with Crippen molar-refractivity contribution in [2.24, 2.45) is 0 Å². The summed E-state index contributed by atoms with van der Waals surface area (Å²) in [6.07, 6.45) is -2.65. The zero-order valence-electron chi connectivity index (χ0n) is 6.23. The summed E-state index contributed by atoms with van der Waals surface area (Å²) in [6, 6.07) is 0. The summed E-state index contributed by atoms with van der Waals surface area (Å²) in [5, 5.41) is 9.70. The van der Waals surface area contributed by atoms with E-state index in [9.17, 15) is 22.7 Å². The third-order valence-corrected chi connectivity index (χ3v) is 1.02. The molecule has 0 amide bonds. The molecule has 0 aromatic heterocycles. The van der Waals surface area contributed by atoms with Gasteiger partial charge in [0.15, 0.2) is 0 Å². The van der Waals surface area contributed by atoms with Crippen LogP contribution in [0.15, 0.2) is 0 Å². The van der Waals surface area contributed by atoms with E-state index in [1.807, 2.05) is 0 Å². The topological polar surface area (TPSA) is 29.1 Å². The lowest BCUT2D eigenvalue weighted by Gasteiger charge is -2.14. The first-order chi connectivity index (χ1) is 5.52. The van der Waals surface area contributed by atoms with Crippen LogP contribution in [0.25, 0.3) is 0 Å². The van der Waals surface area contributed by atoms with Gasteiger partial charge in [-0.1, -0.05) is 0 Å². The minimum atomic E-state index is -3.57. The minimum Gasteiger partial charge on any atom is -0.342 e. The highest BCUT2D eigenvalue weighted by Gasteiger charge is 2.30. The molecule has 73 valence electrons. The number of halogens is 4. The fourth-order valence-corrected chi connectivity index (χ4v) is 0.423. The molecular formula is C6H9F4O2. The second kappa shape index (κ2) is 5.31. The predicted molar refractivity (Wildman–Crippen MR) is 31.9 cm³/mol. The molecule has 0 aliphatic carbocycles. The van der Waals surface area contributed by atoms with E-state index in [0.29, 0.717) is 0 Å². The smallest absolute Gasteiger partial charge is 0.297 e. The van der Waals surface area contributed by atoms with Crippen LogP contribution in [0.2, 0.25) is 0 Å². The molecular weight excluding hydrogens is 180 g/mol. The molecule has 1 unspecified atom stereocenters. The Kier molecular flexibility index (Phi) is 5.16. The summed E-state index contributed by atoms with van der Waals surface area (Å²) in [6.45, 7) is -3.93. The fraction of sp³-hybridized carbons (Fsp3) is 1.00. The second-order valence-electron chi connectivity index (χ2n) is 2.20. The third-order valence-electron chi connectivity index (χ3n) is 1.02. The van der Waals surface area contributed by atoms with Gasteiger partial charge < -0.3 is 4.74 Å². The fourth-order valence-electron chi connectivity index (χ4n) is 0.423. The first-order valence-electron chi connectivity index (χ1n) is 3.29. The van der Waals surface area contributed by atoms with Crippen LogP contribution < -0.4 is 0 Å². The molecule has 0 rings (SSSR count). The van der Waals surface area contributed by atoms with Crippen LogP contribution in [0.3, 0.4) is 0 Å². The van der Waals surface area contributed by atoms with Crippen LogP contribution in [0, 0.1) is 0 Å². The molecule has 0 N–H and O–H groups in total. The van der Waals surface area contributed by atoms with Crippen molar-refractivity contribution in [1.29, 1.82) is 0 Å². The summed E-state index contributed by atoms with van der Waals surface area (Å²) < 4.78 is 51.5. The first-order valence-corrected chi connectivity index (χ1v) is 3.29. The summed E-state index contributed by atoms with van der Waals surface area (Å²) in [7, 11) is 0. The number of ether oxygens (including phenoxy) is 1. The molecule has 1 atom stereocenters. The van der Waals surface area contributed by atoms with Gasteiger partial charge in [0.2, 0.25) is 6.36 Å². The van der Waals surface area contributed by atoms with Crippen LogP contribution >= 0.6 is 0 Å². The van der Waals surface area contributed by atoms with Crippen molar-refractivity contribution >= 4 is 0 Å². The quantitative estimate of drug-likeness (QED) is 0.585. The summed E-state index contributed by atoms with van der Waals surface area (Å²) in [4.78, 5) is 0. The number of hydrogen-bond acceptors (Lipinski definition) is 1. The molecule has 1 radical (unpaired) electrons. The second-order valence-corrected chi connectivity index (χ2v) is 2.20. The molecule has 0 aliphatic rings. The number of hydrogen-bond donors (Lipinski definition) is 0. The molecule has 0 spiro atoms. The molecule has 12 heavy (non-hydrogen) atoms. The van der Waals surface area contributed by atoms with E-state index in [1.165, 1.54) is 0 Å². The van der Waals surface area contributed by atoms with Crippen LogP contribution in [0.4, 0.5) is 17.6 Å². The normalized spacial score (nSPS) is 14.8. The van der Waals surface area contributed by atoms with E-state index in [4.69, 9.17) is 0 Å². The van der Waals surface area contributed by atoms with Crippen LogP contribution in [0.1, 0.15) is 6.42 Å². The lowest BCUT2D eigenvalue weighted by molar-refractivity contribution is -0.160. The van der Waals surface area contributed by atoms with E-state index in [1.54, 1.807) is 0 Å². The summed E-state index contributed by atoms with van der Waals surface area (Å²) >= 11 is 0. The standard InChI is InChI=1S/C6H9F4O2/c7-2-1-5(8)12-4-6(9,10)3-11/h5H,1-4H2. The van der Waals surface area contributed by atoms with Crippen molar-refractivity contribution in [2.45, 2.75) is 18.7 Å². The molecule has 0 aromatic carbocycles. The molecule has 0 bridgehead atoms. The molecule has 0 heterocycles. The Morgan fingerprint density at radius 2 is 2.00 bits per heavy atom. The maximum absolute atomic E-state index is 12.2. The molecule has 0 fully saturated rings. The minimum absolute atomic E-state index is 0.588. The van der Waals surface area contributed by atoms with Crippen molar-refractivity contribution in [3.8, 4) is 0 Å². The Morgan fingerprint density at radius 1 is 1.42 bits per heavy atom. The molecule has 0 aromatic rings. The van der Waals surface area contributed by atoms with Crippen molar-refractivity contribution in [3.05, 3.63) is 0 Å².